The van der Waals surface area contributed by atoms with Gasteiger partial charge in [-0.05, 0) is 31.2 Å². The fourth-order valence-corrected chi connectivity index (χ4v) is 1.89. The molecule has 1 unspecified atom stereocenters. The number of hydrogen-bond donors (Lipinski definition) is 2. The van der Waals surface area contributed by atoms with Crippen molar-refractivity contribution in [1.29, 1.82) is 0 Å². The van der Waals surface area contributed by atoms with Gasteiger partial charge in [0.05, 0.1) is 12.6 Å². The van der Waals surface area contributed by atoms with Crippen LogP contribution < -0.4 is 11.1 Å². The summed E-state index contributed by atoms with van der Waals surface area (Å²) in [5.74, 6) is -0.471. The highest BCUT2D eigenvalue weighted by atomic mass is 19.4. The monoisotopic (exact) mass is 303 g/mol. The predicted molar refractivity (Wildman–Crippen MR) is 75.7 cm³/mol. The molecule has 0 saturated carbocycles. The SMILES string of the molecule is CCN(CC(F)(F)F)C(C)C(=O)Nc1ccc(CN)cc1. The number of alkyl halides is 3. The highest BCUT2D eigenvalue weighted by Crippen LogP contribution is 2.18. The van der Waals surface area contributed by atoms with Crippen LogP contribution >= 0.6 is 0 Å². The van der Waals surface area contributed by atoms with Gasteiger partial charge >= 0.3 is 6.18 Å². The molecule has 0 fully saturated rings. The molecule has 0 aliphatic carbocycles. The Hall–Kier alpha value is -1.60. The summed E-state index contributed by atoms with van der Waals surface area (Å²) in [5, 5.41) is 2.60. The van der Waals surface area contributed by atoms with Crippen LogP contribution in [0.3, 0.4) is 0 Å². The number of benzene rings is 1. The molecule has 1 atom stereocenters. The number of halogens is 3. The lowest BCUT2D eigenvalue weighted by molar-refractivity contribution is -0.152. The highest BCUT2D eigenvalue weighted by Gasteiger charge is 2.33. The van der Waals surface area contributed by atoms with E-state index in [0.717, 1.165) is 10.5 Å². The summed E-state index contributed by atoms with van der Waals surface area (Å²) in [4.78, 5) is 13.1. The van der Waals surface area contributed by atoms with Gasteiger partial charge in [0.1, 0.15) is 0 Å². The van der Waals surface area contributed by atoms with E-state index in [1.165, 1.54) is 6.92 Å². The van der Waals surface area contributed by atoms with Crippen molar-refractivity contribution in [1.82, 2.24) is 4.90 Å². The van der Waals surface area contributed by atoms with Crippen molar-refractivity contribution >= 4 is 11.6 Å². The minimum Gasteiger partial charge on any atom is -0.326 e. The molecular formula is C14H20F3N3O. The lowest BCUT2D eigenvalue weighted by Crippen LogP contribution is -2.46. The molecule has 0 saturated heterocycles. The Morgan fingerprint density at radius 3 is 2.33 bits per heavy atom. The molecule has 1 amide bonds. The Morgan fingerprint density at radius 2 is 1.90 bits per heavy atom. The molecule has 0 aliphatic rings. The standard InChI is InChI=1S/C14H20F3N3O/c1-3-20(9-14(15,16)17)10(2)13(21)19-12-6-4-11(8-18)5-7-12/h4-7,10H,3,8-9,18H2,1-2H3,(H,19,21). The van der Waals surface area contributed by atoms with E-state index in [2.05, 4.69) is 5.32 Å². The van der Waals surface area contributed by atoms with Gasteiger partial charge in [-0.3, -0.25) is 9.69 Å². The third-order valence-corrected chi connectivity index (χ3v) is 3.17. The Morgan fingerprint density at radius 1 is 1.33 bits per heavy atom. The average Bonchev–Trinajstić information content (AvgIpc) is 2.43. The van der Waals surface area contributed by atoms with Crippen LogP contribution in [0.25, 0.3) is 0 Å². The third kappa shape index (κ3) is 5.73. The number of amides is 1. The first kappa shape index (κ1) is 17.5. The summed E-state index contributed by atoms with van der Waals surface area (Å²) < 4.78 is 37.3. The number of nitrogens with zero attached hydrogens (tertiary/aromatic N) is 1. The maximum Gasteiger partial charge on any atom is 0.401 e. The molecule has 0 aromatic heterocycles. The van der Waals surface area contributed by atoms with Gasteiger partial charge in [0, 0.05) is 12.2 Å². The first-order chi connectivity index (χ1) is 9.76. The lowest BCUT2D eigenvalue weighted by Gasteiger charge is -2.27. The molecule has 3 N–H and O–H groups in total. The van der Waals surface area contributed by atoms with Crippen LogP contribution in [0.15, 0.2) is 24.3 Å². The number of likely N-dealkylation sites (N-methyl/N-ethyl adjacent to an activating group) is 1. The van der Waals surface area contributed by atoms with E-state index in [9.17, 15) is 18.0 Å². The van der Waals surface area contributed by atoms with Crippen molar-refractivity contribution in [3.05, 3.63) is 29.8 Å². The van der Waals surface area contributed by atoms with Gasteiger partial charge in [0.2, 0.25) is 5.91 Å². The maximum atomic E-state index is 12.4. The van der Waals surface area contributed by atoms with E-state index in [-0.39, 0.29) is 6.54 Å². The summed E-state index contributed by atoms with van der Waals surface area (Å²) in [7, 11) is 0. The summed E-state index contributed by atoms with van der Waals surface area (Å²) >= 11 is 0. The lowest BCUT2D eigenvalue weighted by atomic mass is 10.2. The molecule has 0 radical (unpaired) electrons. The van der Waals surface area contributed by atoms with Crippen molar-refractivity contribution in [3.63, 3.8) is 0 Å². The summed E-state index contributed by atoms with van der Waals surface area (Å²) in [6.45, 7) is 2.47. The fourth-order valence-electron chi connectivity index (χ4n) is 1.89. The molecule has 1 aromatic rings. The Kier molecular flexibility index (Phi) is 6.17. The number of hydrogen-bond acceptors (Lipinski definition) is 3. The predicted octanol–water partition coefficient (Wildman–Crippen LogP) is 2.36. The molecule has 0 aliphatic heterocycles. The Balaban J connectivity index is 2.67. The minimum absolute atomic E-state index is 0.139. The van der Waals surface area contributed by atoms with E-state index in [1.54, 1.807) is 31.2 Å². The van der Waals surface area contributed by atoms with Gasteiger partial charge in [-0.1, -0.05) is 19.1 Å². The van der Waals surface area contributed by atoms with Gasteiger partial charge in [-0.25, -0.2) is 0 Å². The second-order valence-corrected chi connectivity index (χ2v) is 4.74. The first-order valence-electron chi connectivity index (χ1n) is 6.67. The highest BCUT2D eigenvalue weighted by molar-refractivity contribution is 5.94. The number of carbonyl (C=O) groups is 1. The molecule has 118 valence electrons. The second kappa shape index (κ2) is 7.42. The zero-order valence-electron chi connectivity index (χ0n) is 12.1. The van der Waals surface area contributed by atoms with Crippen molar-refractivity contribution in [2.45, 2.75) is 32.6 Å². The molecule has 7 heteroatoms. The Bertz CT molecular complexity index is 460. The van der Waals surface area contributed by atoms with E-state index >= 15 is 0 Å². The van der Waals surface area contributed by atoms with E-state index < -0.39 is 24.7 Å². The normalized spacial score (nSPS) is 13.3. The largest absolute Gasteiger partial charge is 0.401 e. The van der Waals surface area contributed by atoms with Crippen molar-refractivity contribution in [3.8, 4) is 0 Å². The van der Waals surface area contributed by atoms with Gasteiger partial charge in [-0.15, -0.1) is 0 Å². The minimum atomic E-state index is -4.33. The van der Waals surface area contributed by atoms with Crippen LogP contribution in [-0.2, 0) is 11.3 Å². The van der Waals surface area contributed by atoms with Crippen LogP contribution in [0.1, 0.15) is 19.4 Å². The summed E-state index contributed by atoms with van der Waals surface area (Å²) in [6, 6.07) is 5.99. The molecule has 0 heterocycles. The van der Waals surface area contributed by atoms with E-state index in [1.807, 2.05) is 0 Å². The zero-order chi connectivity index (χ0) is 16.0. The number of carbonyl (C=O) groups excluding carboxylic acids is 1. The third-order valence-electron chi connectivity index (χ3n) is 3.17. The van der Waals surface area contributed by atoms with Gasteiger partial charge in [0.25, 0.3) is 0 Å². The van der Waals surface area contributed by atoms with Crippen molar-refractivity contribution < 1.29 is 18.0 Å². The Labute approximate surface area is 122 Å². The molecular weight excluding hydrogens is 283 g/mol. The second-order valence-electron chi connectivity index (χ2n) is 4.74. The maximum absolute atomic E-state index is 12.4. The number of nitrogens with one attached hydrogen (secondary N) is 1. The number of anilines is 1. The van der Waals surface area contributed by atoms with Crippen LogP contribution in [0.2, 0.25) is 0 Å². The van der Waals surface area contributed by atoms with Gasteiger partial charge in [0.15, 0.2) is 0 Å². The first-order valence-corrected chi connectivity index (χ1v) is 6.67. The topological polar surface area (TPSA) is 58.4 Å². The fraction of sp³-hybridized carbons (Fsp3) is 0.500. The van der Waals surface area contributed by atoms with Crippen molar-refractivity contribution in [2.24, 2.45) is 5.73 Å². The molecule has 1 rings (SSSR count). The molecule has 0 spiro atoms. The molecule has 21 heavy (non-hydrogen) atoms. The van der Waals surface area contributed by atoms with E-state index in [4.69, 9.17) is 5.73 Å². The zero-order valence-corrected chi connectivity index (χ0v) is 12.1. The van der Waals surface area contributed by atoms with Gasteiger partial charge in [-0.2, -0.15) is 13.2 Å². The summed E-state index contributed by atoms with van der Waals surface area (Å²) in [5.41, 5.74) is 6.91. The van der Waals surface area contributed by atoms with Crippen LogP contribution in [0.5, 0.6) is 0 Å². The van der Waals surface area contributed by atoms with Gasteiger partial charge < -0.3 is 11.1 Å². The molecule has 0 bridgehead atoms. The smallest absolute Gasteiger partial charge is 0.326 e. The van der Waals surface area contributed by atoms with Crippen LogP contribution in [0, 0.1) is 0 Å². The average molecular weight is 303 g/mol. The van der Waals surface area contributed by atoms with Crippen LogP contribution in [0.4, 0.5) is 18.9 Å². The molecule has 1 aromatic carbocycles. The number of nitrogens with two attached hydrogens (primary N) is 1. The molecule has 4 nitrogen and oxygen atoms in total. The number of rotatable bonds is 6. The summed E-state index contributed by atoms with van der Waals surface area (Å²) in [6.07, 6.45) is -4.33. The van der Waals surface area contributed by atoms with Crippen molar-refractivity contribution in [2.75, 3.05) is 18.4 Å². The van der Waals surface area contributed by atoms with Crippen LogP contribution in [-0.4, -0.2) is 36.1 Å². The quantitative estimate of drug-likeness (QED) is 0.848. The van der Waals surface area contributed by atoms with E-state index in [0.29, 0.717) is 12.2 Å².